The molecule has 0 aliphatic heterocycles. The summed E-state index contributed by atoms with van der Waals surface area (Å²) in [5.41, 5.74) is 5.90. The molecule has 2 N–H and O–H groups in total. The Bertz CT molecular complexity index is 139. The van der Waals surface area contributed by atoms with E-state index in [9.17, 15) is 0 Å². The summed E-state index contributed by atoms with van der Waals surface area (Å²) in [4.78, 5) is 0. The number of rotatable bonds is 4. The zero-order chi connectivity index (χ0) is 9.73. The van der Waals surface area contributed by atoms with Crippen molar-refractivity contribution in [3.63, 3.8) is 0 Å². The second kappa shape index (κ2) is 5.26. The first-order valence-corrected chi connectivity index (χ1v) is 6.51. The fraction of sp³-hybridized carbons (Fsp3) is 1.00. The number of hydrogen-bond donors (Lipinski definition) is 1. The Kier molecular flexibility index (Phi) is 4.60. The van der Waals surface area contributed by atoms with Gasteiger partial charge in [0, 0.05) is 11.3 Å². The molecule has 1 fully saturated rings. The standard InChI is InChI=1S/C11H23NS/c1-10(2)8-13-11(9-12)6-4-3-5-7-11/h10H,3-9,12H2,1-2H3. The van der Waals surface area contributed by atoms with Crippen LogP contribution in [0.15, 0.2) is 0 Å². The van der Waals surface area contributed by atoms with Crippen LogP contribution in [0, 0.1) is 5.92 Å². The van der Waals surface area contributed by atoms with Gasteiger partial charge in [-0.1, -0.05) is 33.1 Å². The van der Waals surface area contributed by atoms with Gasteiger partial charge in [-0.25, -0.2) is 0 Å². The summed E-state index contributed by atoms with van der Waals surface area (Å²) in [6.07, 6.45) is 6.90. The SMILES string of the molecule is CC(C)CSC1(CN)CCCCC1. The minimum absolute atomic E-state index is 0.447. The second-order valence-corrected chi connectivity index (χ2v) is 6.14. The monoisotopic (exact) mass is 201 g/mol. The van der Waals surface area contributed by atoms with Crippen molar-refractivity contribution in [2.75, 3.05) is 12.3 Å². The number of hydrogen-bond acceptors (Lipinski definition) is 2. The Balaban J connectivity index is 2.38. The van der Waals surface area contributed by atoms with Crippen LogP contribution in [-0.2, 0) is 0 Å². The predicted molar refractivity (Wildman–Crippen MR) is 62.2 cm³/mol. The van der Waals surface area contributed by atoms with E-state index in [0.29, 0.717) is 4.75 Å². The molecule has 0 atom stereocenters. The minimum Gasteiger partial charge on any atom is -0.329 e. The molecule has 0 heterocycles. The Labute approximate surface area is 86.8 Å². The molecule has 2 heteroatoms. The van der Waals surface area contributed by atoms with Crippen molar-refractivity contribution in [2.45, 2.75) is 50.7 Å². The third kappa shape index (κ3) is 3.51. The highest BCUT2D eigenvalue weighted by Gasteiger charge is 2.30. The molecule has 0 amide bonds. The van der Waals surface area contributed by atoms with Crippen LogP contribution in [0.25, 0.3) is 0 Å². The average Bonchev–Trinajstić information content (AvgIpc) is 2.16. The van der Waals surface area contributed by atoms with Crippen molar-refractivity contribution in [1.29, 1.82) is 0 Å². The van der Waals surface area contributed by atoms with E-state index in [-0.39, 0.29) is 0 Å². The predicted octanol–water partition coefficient (Wildman–Crippen LogP) is 3.04. The summed E-state index contributed by atoms with van der Waals surface area (Å²) in [7, 11) is 0. The molecule has 0 spiro atoms. The lowest BCUT2D eigenvalue weighted by Gasteiger charge is -2.36. The Hall–Kier alpha value is 0.310. The smallest absolute Gasteiger partial charge is 0.0282 e. The molecule has 0 aromatic carbocycles. The van der Waals surface area contributed by atoms with Crippen LogP contribution in [0.2, 0.25) is 0 Å². The topological polar surface area (TPSA) is 26.0 Å². The first-order valence-electron chi connectivity index (χ1n) is 5.52. The molecule has 0 radical (unpaired) electrons. The zero-order valence-electron chi connectivity index (χ0n) is 9.01. The average molecular weight is 201 g/mol. The van der Waals surface area contributed by atoms with Crippen LogP contribution in [0.3, 0.4) is 0 Å². The maximum absolute atomic E-state index is 5.90. The van der Waals surface area contributed by atoms with Gasteiger partial charge in [0.15, 0.2) is 0 Å². The lowest BCUT2D eigenvalue weighted by molar-refractivity contribution is 0.403. The Morgan fingerprint density at radius 2 is 1.85 bits per heavy atom. The number of nitrogens with two attached hydrogens (primary N) is 1. The molecular weight excluding hydrogens is 178 g/mol. The number of thioether (sulfide) groups is 1. The van der Waals surface area contributed by atoms with E-state index >= 15 is 0 Å². The van der Waals surface area contributed by atoms with Crippen molar-refractivity contribution in [3.05, 3.63) is 0 Å². The second-order valence-electron chi connectivity index (χ2n) is 4.65. The van der Waals surface area contributed by atoms with E-state index in [0.717, 1.165) is 12.5 Å². The van der Waals surface area contributed by atoms with E-state index in [2.05, 4.69) is 25.6 Å². The highest BCUT2D eigenvalue weighted by Crippen LogP contribution is 2.39. The van der Waals surface area contributed by atoms with Gasteiger partial charge in [-0.2, -0.15) is 11.8 Å². The quantitative estimate of drug-likeness (QED) is 0.756. The highest BCUT2D eigenvalue weighted by molar-refractivity contribution is 8.00. The summed E-state index contributed by atoms with van der Waals surface area (Å²) >= 11 is 2.13. The van der Waals surface area contributed by atoms with Gasteiger partial charge in [0.2, 0.25) is 0 Å². The van der Waals surface area contributed by atoms with E-state index in [1.165, 1.54) is 37.9 Å². The maximum Gasteiger partial charge on any atom is 0.0282 e. The van der Waals surface area contributed by atoms with Gasteiger partial charge < -0.3 is 5.73 Å². The maximum atomic E-state index is 5.90. The molecule has 0 unspecified atom stereocenters. The molecule has 1 saturated carbocycles. The van der Waals surface area contributed by atoms with Gasteiger partial charge in [-0.3, -0.25) is 0 Å². The van der Waals surface area contributed by atoms with Gasteiger partial charge in [-0.15, -0.1) is 0 Å². The summed E-state index contributed by atoms with van der Waals surface area (Å²) < 4.78 is 0.447. The van der Waals surface area contributed by atoms with Gasteiger partial charge in [0.1, 0.15) is 0 Å². The first kappa shape index (κ1) is 11.4. The zero-order valence-corrected chi connectivity index (χ0v) is 9.83. The molecule has 1 aliphatic carbocycles. The molecule has 78 valence electrons. The summed E-state index contributed by atoms with van der Waals surface area (Å²) in [5.74, 6) is 2.08. The van der Waals surface area contributed by atoms with Crippen molar-refractivity contribution >= 4 is 11.8 Å². The van der Waals surface area contributed by atoms with Gasteiger partial charge in [-0.05, 0) is 24.5 Å². The first-order chi connectivity index (χ1) is 6.18. The normalized spacial score (nSPS) is 22.2. The van der Waals surface area contributed by atoms with Crippen molar-refractivity contribution in [1.82, 2.24) is 0 Å². The fourth-order valence-electron chi connectivity index (χ4n) is 1.95. The van der Waals surface area contributed by atoms with Crippen molar-refractivity contribution in [2.24, 2.45) is 11.7 Å². The summed E-state index contributed by atoms with van der Waals surface area (Å²) in [6, 6.07) is 0. The largest absolute Gasteiger partial charge is 0.329 e. The molecule has 1 aliphatic rings. The van der Waals surface area contributed by atoms with Gasteiger partial charge in [0.05, 0.1) is 0 Å². The Morgan fingerprint density at radius 3 is 2.31 bits per heavy atom. The minimum atomic E-state index is 0.447. The summed E-state index contributed by atoms with van der Waals surface area (Å²) in [5, 5.41) is 0. The van der Waals surface area contributed by atoms with E-state index < -0.39 is 0 Å². The molecule has 0 aromatic heterocycles. The van der Waals surface area contributed by atoms with Crippen LogP contribution in [0.1, 0.15) is 46.0 Å². The third-order valence-corrected chi connectivity index (χ3v) is 4.88. The molecule has 13 heavy (non-hydrogen) atoms. The lowest BCUT2D eigenvalue weighted by Crippen LogP contribution is -2.37. The van der Waals surface area contributed by atoms with Crippen LogP contribution in [0.4, 0.5) is 0 Å². The molecule has 0 saturated heterocycles. The highest BCUT2D eigenvalue weighted by atomic mass is 32.2. The molecule has 1 rings (SSSR count). The third-order valence-electron chi connectivity index (χ3n) is 2.86. The van der Waals surface area contributed by atoms with Crippen molar-refractivity contribution < 1.29 is 0 Å². The summed E-state index contributed by atoms with van der Waals surface area (Å²) in [6.45, 7) is 5.46. The van der Waals surface area contributed by atoms with E-state index in [1.54, 1.807) is 0 Å². The lowest BCUT2D eigenvalue weighted by atomic mass is 9.88. The molecular formula is C11H23NS. The van der Waals surface area contributed by atoms with E-state index in [1.807, 2.05) is 0 Å². The van der Waals surface area contributed by atoms with Crippen LogP contribution >= 0.6 is 11.8 Å². The van der Waals surface area contributed by atoms with Crippen LogP contribution in [0.5, 0.6) is 0 Å². The van der Waals surface area contributed by atoms with Crippen LogP contribution < -0.4 is 5.73 Å². The molecule has 1 nitrogen and oxygen atoms in total. The van der Waals surface area contributed by atoms with Gasteiger partial charge >= 0.3 is 0 Å². The molecule has 0 bridgehead atoms. The van der Waals surface area contributed by atoms with Gasteiger partial charge in [0.25, 0.3) is 0 Å². The van der Waals surface area contributed by atoms with Crippen molar-refractivity contribution in [3.8, 4) is 0 Å². The molecule has 0 aromatic rings. The van der Waals surface area contributed by atoms with Crippen LogP contribution in [-0.4, -0.2) is 17.0 Å². The fourth-order valence-corrected chi connectivity index (χ4v) is 3.33. The Morgan fingerprint density at radius 1 is 1.23 bits per heavy atom. The van der Waals surface area contributed by atoms with E-state index in [4.69, 9.17) is 5.73 Å².